The molecule has 2 unspecified atom stereocenters. The summed E-state index contributed by atoms with van der Waals surface area (Å²) in [6.45, 7) is 16.4. The lowest BCUT2D eigenvalue weighted by atomic mass is 9.61. The van der Waals surface area contributed by atoms with Gasteiger partial charge in [-0.25, -0.2) is 0 Å². The summed E-state index contributed by atoms with van der Waals surface area (Å²) in [5.41, 5.74) is -0.917. The van der Waals surface area contributed by atoms with Crippen molar-refractivity contribution in [3.63, 3.8) is 0 Å². The number of carbonyl (C=O) groups is 1. The highest BCUT2D eigenvalue weighted by molar-refractivity contribution is 5.77. The van der Waals surface area contributed by atoms with Crippen LogP contribution in [0.5, 0.6) is 0 Å². The molecule has 7 heteroatoms. The van der Waals surface area contributed by atoms with Gasteiger partial charge in [0.2, 0.25) is 0 Å². The first-order valence-corrected chi connectivity index (χ1v) is 11.0. The molecule has 0 aromatic heterocycles. The van der Waals surface area contributed by atoms with Gasteiger partial charge in [-0.2, -0.15) is 13.2 Å². The third-order valence-corrected chi connectivity index (χ3v) is 6.18. The standard InChI is InChI=1S/C23H41F3O4/c1-16(30-18-11-9-17(10-12-18)23(24,25)26)28-13-14-29-19(27)22(8,21(5,6)7)15-20(2,3)4/h16-18H,9-15H2,1-8H3. The van der Waals surface area contributed by atoms with Crippen LogP contribution in [-0.2, 0) is 19.0 Å². The quantitative estimate of drug-likeness (QED) is 0.246. The minimum Gasteiger partial charge on any atom is -0.463 e. The number of carbonyl (C=O) groups excluding carboxylic acids is 1. The fourth-order valence-electron chi connectivity index (χ4n) is 4.05. The number of hydrogen-bond acceptors (Lipinski definition) is 4. The van der Waals surface area contributed by atoms with Gasteiger partial charge in [-0.15, -0.1) is 0 Å². The van der Waals surface area contributed by atoms with E-state index in [1.807, 2.05) is 27.7 Å². The van der Waals surface area contributed by atoms with Gasteiger partial charge in [0.25, 0.3) is 0 Å². The van der Waals surface area contributed by atoms with Crippen molar-refractivity contribution in [1.29, 1.82) is 0 Å². The monoisotopic (exact) mass is 438 g/mol. The summed E-state index contributed by atoms with van der Waals surface area (Å²) in [5, 5.41) is 0. The van der Waals surface area contributed by atoms with E-state index in [1.54, 1.807) is 6.92 Å². The smallest absolute Gasteiger partial charge is 0.391 e. The van der Waals surface area contributed by atoms with Crippen molar-refractivity contribution in [3.8, 4) is 0 Å². The number of hydrogen-bond donors (Lipinski definition) is 0. The predicted molar refractivity (Wildman–Crippen MR) is 111 cm³/mol. The van der Waals surface area contributed by atoms with Crippen molar-refractivity contribution in [2.75, 3.05) is 13.2 Å². The van der Waals surface area contributed by atoms with Crippen molar-refractivity contribution >= 4 is 5.97 Å². The Hall–Kier alpha value is -0.820. The average molecular weight is 439 g/mol. The van der Waals surface area contributed by atoms with Crippen LogP contribution in [0.25, 0.3) is 0 Å². The molecule has 178 valence electrons. The van der Waals surface area contributed by atoms with Gasteiger partial charge in [0, 0.05) is 0 Å². The van der Waals surface area contributed by atoms with Gasteiger partial charge in [0.15, 0.2) is 6.29 Å². The first-order valence-electron chi connectivity index (χ1n) is 11.0. The van der Waals surface area contributed by atoms with E-state index in [2.05, 4.69) is 20.8 Å². The second-order valence-corrected chi connectivity index (χ2v) is 11.0. The van der Waals surface area contributed by atoms with Gasteiger partial charge >= 0.3 is 12.1 Å². The minimum atomic E-state index is -4.12. The Labute approximate surface area is 180 Å². The largest absolute Gasteiger partial charge is 0.463 e. The fourth-order valence-corrected chi connectivity index (χ4v) is 4.05. The van der Waals surface area contributed by atoms with E-state index in [0.717, 1.165) is 0 Å². The molecule has 1 saturated carbocycles. The molecule has 0 aromatic rings. The average Bonchev–Trinajstić information content (AvgIpc) is 2.55. The Morgan fingerprint density at radius 2 is 1.47 bits per heavy atom. The summed E-state index contributed by atoms with van der Waals surface area (Å²) in [5.74, 6) is -1.47. The normalized spacial score (nSPS) is 24.2. The highest BCUT2D eigenvalue weighted by Gasteiger charge is 2.47. The van der Waals surface area contributed by atoms with E-state index < -0.39 is 23.8 Å². The molecule has 0 saturated heterocycles. The predicted octanol–water partition coefficient (Wildman–Crippen LogP) is 6.52. The molecule has 0 N–H and O–H groups in total. The Kier molecular flexibility index (Phi) is 9.25. The lowest BCUT2D eigenvalue weighted by Gasteiger charge is -2.43. The molecular weight excluding hydrogens is 397 g/mol. The second-order valence-electron chi connectivity index (χ2n) is 11.0. The highest BCUT2D eigenvalue weighted by Crippen LogP contribution is 2.47. The number of alkyl halides is 3. The molecule has 1 fully saturated rings. The van der Waals surface area contributed by atoms with Crippen LogP contribution in [0.3, 0.4) is 0 Å². The van der Waals surface area contributed by atoms with Crippen molar-refractivity contribution in [1.82, 2.24) is 0 Å². The maximum absolute atomic E-state index is 12.9. The van der Waals surface area contributed by atoms with E-state index in [1.165, 1.54) is 0 Å². The van der Waals surface area contributed by atoms with Gasteiger partial charge in [-0.05, 0) is 56.8 Å². The summed E-state index contributed by atoms with van der Waals surface area (Å²) >= 11 is 0. The van der Waals surface area contributed by atoms with Gasteiger partial charge in [-0.3, -0.25) is 4.79 Å². The van der Waals surface area contributed by atoms with E-state index in [-0.39, 0.29) is 49.0 Å². The van der Waals surface area contributed by atoms with Gasteiger partial charge in [0.1, 0.15) is 6.61 Å². The molecule has 0 spiro atoms. The molecule has 2 atom stereocenters. The Morgan fingerprint density at radius 1 is 0.933 bits per heavy atom. The van der Waals surface area contributed by atoms with Crippen LogP contribution >= 0.6 is 0 Å². The zero-order valence-corrected chi connectivity index (χ0v) is 19.9. The van der Waals surface area contributed by atoms with Crippen molar-refractivity contribution in [2.24, 2.45) is 22.2 Å². The molecular formula is C23H41F3O4. The van der Waals surface area contributed by atoms with Crippen LogP contribution in [0.1, 0.15) is 87.5 Å². The molecule has 0 aliphatic heterocycles. The van der Waals surface area contributed by atoms with Crippen molar-refractivity contribution < 1.29 is 32.2 Å². The molecule has 0 aromatic carbocycles. The Morgan fingerprint density at radius 3 is 1.90 bits per heavy atom. The molecule has 1 aliphatic carbocycles. The molecule has 0 bridgehead atoms. The molecule has 30 heavy (non-hydrogen) atoms. The first kappa shape index (κ1) is 27.2. The van der Waals surface area contributed by atoms with Crippen molar-refractivity contribution in [3.05, 3.63) is 0 Å². The Bertz CT molecular complexity index is 540. The minimum absolute atomic E-state index is 0.0228. The molecule has 0 amide bonds. The van der Waals surface area contributed by atoms with Crippen LogP contribution in [0.4, 0.5) is 13.2 Å². The van der Waals surface area contributed by atoms with E-state index in [0.29, 0.717) is 19.3 Å². The van der Waals surface area contributed by atoms with E-state index >= 15 is 0 Å². The summed E-state index contributed by atoms with van der Waals surface area (Å²) in [4.78, 5) is 12.9. The van der Waals surface area contributed by atoms with Crippen molar-refractivity contribution in [2.45, 2.75) is 106 Å². The zero-order chi connectivity index (χ0) is 23.4. The third-order valence-electron chi connectivity index (χ3n) is 6.18. The first-order chi connectivity index (χ1) is 13.5. The molecule has 1 aliphatic rings. The molecule has 0 heterocycles. The van der Waals surface area contributed by atoms with E-state index in [4.69, 9.17) is 14.2 Å². The number of esters is 1. The number of rotatable bonds is 8. The second kappa shape index (κ2) is 10.2. The SMILES string of the molecule is CC(OCCOC(=O)C(C)(CC(C)(C)C)C(C)(C)C)OC1CCC(C(F)(F)F)CC1. The summed E-state index contributed by atoms with van der Waals surface area (Å²) in [6, 6.07) is 0. The fraction of sp³-hybridized carbons (Fsp3) is 0.957. The summed E-state index contributed by atoms with van der Waals surface area (Å²) < 4.78 is 55.0. The van der Waals surface area contributed by atoms with Crippen LogP contribution in [0.15, 0.2) is 0 Å². The molecule has 4 nitrogen and oxygen atoms in total. The lowest BCUT2D eigenvalue weighted by Crippen LogP contribution is -2.44. The van der Waals surface area contributed by atoms with Crippen LogP contribution in [-0.4, -0.2) is 37.8 Å². The highest BCUT2D eigenvalue weighted by atomic mass is 19.4. The third kappa shape index (κ3) is 8.37. The van der Waals surface area contributed by atoms with Gasteiger partial charge in [0.05, 0.1) is 24.0 Å². The lowest BCUT2D eigenvalue weighted by molar-refractivity contribution is -0.206. The van der Waals surface area contributed by atoms with Crippen LogP contribution in [0.2, 0.25) is 0 Å². The van der Waals surface area contributed by atoms with Crippen LogP contribution in [0, 0.1) is 22.2 Å². The topological polar surface area (TPSA) is 44.8 Å². The maximum atomic E-state index is 12.9. The Balaban J connectivity index is 2.40. The van der Waals surface area contributed by atoms with Gasteiger partial charge in [-0.1, -0.05) is 41.5 Å². The summed E-state index contributed by atoms with van der Waals surface area (Å²) in [7, 11) is 0. The van der Waals surface area contributed by atoms with Gasteiger partial charge < -0.3 is 14.2 Å². The zero-order valence-electron chi connectivity index (χ0n) is 19.9. The van der Waals surface area contributed by atoms with E-state index in [9.17, 15) is 18.0 Å². The molecule has 1 rings (SSSR count). The number of ether oxygens (including phenoxy) is 3. The van der Waals surface area contributed by atoms with Crippen LogP contribution < -0.4 is 0 Å². The maximum Gasteiger partial charge on any atom is 0.391 e. The molecule has 0 radical (unpaired) electrons. The summed E-state index contributed by atoms with van der Waals surface area (Å²) in [6.07, 6.45) is -3.26. The number of halogens is 3.